The molecule has 114 valence electrons. The Morgan fingerprint density at radius 3 is 2.87 bits per heavy atom. The van der Waals surface area contributed by atoms with Gasteiger partial charge in [-0.25, -0.2) is 0 Å². The van der Waals surface area contributed by atoms with Gasteiger partial charge in [0.25, 0.3) is 0 Å². The van der Waals surface area contributed by atoms with Crippen LogP contribution in [0.3, 0.4) is 0 Å². The van der Waals surface area contributed by atoms with Crippen molar-refractivity contribution in [2.45, 2.75) is 6.42 Å². The summed E-state index contributed by atoms with van der Waals surface area (Å²) in [5.41, 5.74) is 1.55. The largest absolute Gasteiger partial charge is 0.493 e. The van der Waals surface area contributed by atoms with Crippen molar-refractivity contribution in [2.24, 2.45) is 0 Å². The molecule has 0 aliphatic rings. The van der Waals surface area contributed by atoms with Crippen LogP contribution in [0.5, 0.6) is 11.5 Å². The van der Waals surface area contributed by atoms with Crippen LogP contribution in [0, 0.1) is 11.3 Å². The predicted molar refractivity (Wildman–Crippen MR) is 81.1 cm³/mol. The van der Waals surface area contributed by atoms with E-state index in [1.165, 1.54) is 19.2 Å². The number of ether oxygens (including phenoxy) is 2. The van der Waals surface area contributed by atoms with Gasteiger partial charge in [0.15, 0.2) is 17.1 Å². The van der Waals surface area contributed by atoms with Crippen LogP contribution in [-0.2, 0) is 11.2 Å². The van der Waals surface area contributed by atoms with Gasteiger partial charge in [-0.15, -0.1) is 0 Å². The second-order valence-electron chi connectivity index (χ2n) is 4.75. The lowest BCUT2D eigenvalue weighted by Crippen LogP contribution is -2.12. The summed E-state index contributed by atoms with van der Waals surface area (Å²) >= 11 is 0. The first-order valence-electron chi connectivity index (χ1n) is 6.83. The van der Waals surface area contributed by atoms with E-state index in [0.29, 0.717) is 22.6 Å². The lowest BCUT2D eigenvalue weighted by atomic mass is 10.2. The molecule has 0 unspecified atom stereocenters. The molecule has 6 heteroatoms. The highest BCUT2D eigenvalue weighted by atomic mass is 16.6. The van der Waals surface area contributed by atoms with Crippen molar-refractivity contribution >= 4 is 16.9 Å². The number of hydrogen-bond donors (Lipinski definition) is 0. The smallest absolute Gasteiger partial charge is 0.317 e. The molecule has 0 fully saturated rings. The van der Waals surface area contributed by atoms with Gasteiger partial charge in [-0.3, -0.25) is 4.79 Å². The molecule has 0 radical (unpaired) electrons. The van der Waals surface area contributed by atoms with Crippen molar-refractivity contribution in [1.82, 2.24) is 5.16 Å². The molecule has 0 saturated carbocycles. The number of methoxy groups -OCH3 is 1. The number of para-hydroxylation sites is 1. The number of nitrogens with zero attached hydrogens (tertiary/aromatic N) is 2. The molecular weight excluding hydrogens is 296 g/mol. The number of carbonyl (C=O) groups is 1. The zero-order chi connectivity index (χ0) is 16.2. The molecule has 0 N–H and O–H groups in total. The summed E-state index contributed by atoms with van der Waals surface area (Å²) in [6.07, 6.45) is -0.0276. The number of rotatable bonds is 4. The Morgan fingerprint density at radius 2 is 2.09 bits per heavy atom. The van der Waals surface area contributed by atoms with Gasteiger partial charge < -0.3 is 14.0 Å². The van der Waals surface area contributed by atoms with Gasteiger partial charge in [-0.05, 0) is 24.3 Å². The zero-order valence-electron chi connectivity index (χ0n) is 12.3. The molecule has 6 nitrogen and oxygen atoms in total. The summed E-state index contributed by atoms with van der Waals surface area (Å²) in [7, 11) is 1.44. The Bertz CT molecular complexity index is 908. The highest BCUT2D eigenvalue weighted by molar-refractivity contribution is 5.85. The first-order valence-corrected chi connectivity index (χ1v) is 6.83. The molecule has 0 atom stereocenters. The summed E-state index contributed by atoms with van der Waals surface area (Å²) in [5.74, 6) is 0.0822. The third-order valence-corrected chi connectivity index (χ3v) is 3.28. The summed E-state index contributed by atoms with van der Waals surface area (Å²) in [6, 6.07) is 13.9. The Balaban J connectivity index is 1.79. The Hall–Kier alpha value is -3.33. The third kappa shape index (κ3) is 2.99. The molecule has 1 aromatic heterocycles. The second-order valence-corrected chi connectivity index (χ2v) is 4.75. The molecule has 2 aromatic carbocycles. The second kappa shape index (κ2) is 6.20. The van der Waals surface area contributed by atoms with E-state index in [0.717, 1.165) is 5.39 Å². The van der Waals surface area contributed by atoms with Crippen LogP contribution in [-0.4, -0.2) is 18.2 Å². The maximum atomic E-state index is 12.1. The molecule has 0 spiro atoms. The monoisotopic (exact) mass is 308 g/mol. The zero-order valence-corrected chi connectivity index (χ0v) is 12.3. The van der Waals surface area contributed by atoms with Crippen molar-refractivity contribution in [3.63, 3.8) is 0 Å². The Labute approximate surface area is 131 Å². The highest BCUT2D eigenvalue weighted by Gasteiger charge is 2.16. The first-order chi connectivity index (χ1) is 11.2. The fourth-order valence-corrected chi connectivity index (χ4v) is 2.18. The molecule has 0 amide bonds. The van der Waals surface area contributed by atoms with E-state index in [9.17, 15) is 4.79 Å². The van der Waals surface area contributed by atoms with Crippen molar-refractivity contribution in [2.75, 3.05) is 7.11 Å². The molecule has 0 bridgehead atoms. The van der Waals surface area contributed by atoms with Gasteiger partial charge >= 0.3 is 5.97 Å². The molecule has 3 aromatic rings. The average molecular weight is 308 g/mol. The van der Waals surface area contributed by atoms with Crippen molar-refractivity contribution in [3.05, 3.63) is 53.7 Å². The number of fused-ring (bicyclic) bond motifs is 1. The van der Waals surface area contributed by atoms with Crippen molar-refractivity contribution < 1.29 is 18.8 Å². The van der Waals surface area contributed by atoms with Crippen LogP contribution in [0.25, 0.3) is 11.0 Å². The van der Waals surface area contributed by atoms with Crippen LogP contribution in [0.15, 0.2) is 47.0 Å². The van der Waals surface area contributed by atoms with Gasteiger partial charge in [0.05, 0.1) is 25.2 Å². The van der Waals surface area contributed by atoms with E-state index < -0.39 is 5.97 Å². The molecule has 23 heavy (non-hydrogen) atoms. The summed E-state index contributed by atoms with van der Waals surface area (Å²) in [4.78, 5) is 12.1. The minimum Gasteiger partial charge on any atom is -0.493 e. The number of carbonyl (C=O) groups excluding carboxylic acids is 1. The van der Waals surface area contributed by atoms with E-state index in [1.807, 2.05) is 24.3 Å². The van der Waals surface area contributed by atoms with Crippen LogP contribution in [0.1, 0.15) is 11.3 Å². The van der Waals surface area contributed by atoms with E-state index in [-0.39, 0.29) is 12.2 Å². The summed E-state index contributed by atoms with van der Waals surface area (Å²) < 4.78 is 15.6. The Kier molecular flexibility index (Phi) is 3.93. The number of aromatic nitrogens is 1. The number of hydrogen-bond acceptors (Lipinski definition) is 6. The molecule has 0 aliphatic heterocycles. The van der Waals surface area contributed by atoms with Crippen molar-refractivity contribution in [1.29, 1.82) is 5.26 Å². The van der Waals surface area contributed by atoms with Gasteiger partial charge in [0.2, 0.25) is 0 Å². The van der Waals surface area contributed by atoms with Crippen LogP contribution in [0.2, 0.25) is 0 Å². The predicted octanol–water partition coefficient (Wildman–Crippen LogP) is 2.86. The normalized spacial score (nSPS) is 10.3. The van der Waals surface area contributed by atoms with E-state index in [1.54, 1.807) is 12.1 Å². The topological polar surface area (TPSA) is 85.4 Å². The maximum Gasteiger partial charge on any atom is 0.317 e. The molecule has 0 saturated heterocycles. The summed E-state index contributed by atoms with van der Waals surface area (Å²) in [5, 5.41) is 13.5. The standard InChI is InChI=1S/C17H12N2O4/c1-21-16-8-11(10-18)6-7-15(16)22-17(20)9-13-12-4-2-3-5-14(12)23-19-13/h2-8H,9H2,1H3. The quantitative estimate of drug-likeness (QED) is 0.544. The number of benzene rings is 2. The van der Waals surface area contributed by atoms with Gasteiger partial charge in [0.1, 0.15) is 5.69 Å². The molecular formula is C17H12N2O4. The number of nitriles is 1. The fourth-order valence-electron chi connectivity index (χ4n) is 2.18. The molecule has 0 aliphatic carbocycles. The van der Waals surface area contributed by atoms with Crippen LogP contribution < -0.4 is 9.47 Å². The average Bonchev–Trinajstić information content (AvgIpc) is 2.98. The molecule has 3 rings (SSSR count). The van der Waals surface area contributed by atoms with Gasteiger partial charge in [0, 0.05) is 11.5 Å². The fraction of sp³-hybridized carbons (Fsp3) is 0.118. The maximum absolute atomic E-state index is 12.1. The van der Waals surface area contributed by atoms with E-state index >= 15 is 0 Å². The Morgan fingerprint density at radius 1 is 1.26 bits per heavy atom. The SMILES string of the molecule is COc1cc(C#N)ccc1OC(=O)Cc1noc2ccccc12. The van der Waals surface area contributed by atoms with Gasteiger partial charge in [-0.1, -0.05) is 17.3 Å². The van der Waals surface area contributed by atoms with E-state index in [4.69, 9.17) is 19.3 Å². The van der Waals surface area contributed by atoms with E-state index in [2.05, 4.69) is 5.16 Å². The number of esters is 1. The third-order valence-electron chi connectivity index (χ3n) is 3.28. The van der Waals surface area contributed by atoms with Crippen molar-refractivity contribution in [3.8, 4) is 17.6 Å². The summed E-state index contributed by atoms with van der Waals surface area (Å²) in [6.45, 7) is 0. The highest BCUT2D eigenvalue weighted by Crippen LogP contribution is 2.28. The minimum absolute atomic E-state index is 0.0276. The molecule has 1 heterocycles. The van der Waals surface area contributed by atoms with Crippen LogP contribution >= 0.6 is 0 Å². The lowest BCUT2D eigenvalue weighted by Gasteiger charge is -2.08. The van der Waals surface area contributed by atoms with Gasteiger partial charge in [-0.2, -0.15) is 5.26 Å². The minimum atomic E-state index is -0.493. The van der Waals surface area contributed by atoms with Crippen LogP contribution in [0.4, 0.5) is 0 Å². The lowest BCUT2D eigenvalue weighted by molar-refractivity contribution is -0.133. The first kappa shape index (κ1) is 14.6.